The molecule has 0 amide bonds. The van der Waals surface area contributed by atoms with E-state index in [0.29, 0.717) is 24.7 Å². The first kappa shape index (κ1) is 19.5. The Bertz CT molecular complexity index is 574. The molecule has 1 aliphatic rings. The first-order valence-electron chi connectivity index (χ1n) is 8.72. The largest absolute Gasteiger partial charge is 0.493 e. The summed E-state index contributed by atoms with van der Waals surface area (Å²) >= 11 is 5.54. The molecule has 0 aromatic heterocycles. The van der Waals surface area contributed by atoms with Crippen molar-refractivity contribution in [2.75, 3.05) is 33.4 Å². The number of ether oxygens (including phenoxy) is 3. The van der Waals surface area contributed by atoms with E-state index in [1.807, 2.05) is 25.1 Å². The average Bonchev–Trinajstić information content (AvgIpc) is 3.13. The molecule has 1 aromatic carbocycles. The van der Waals surface area contributed by atoms with Gasteiger partial charge in [-0.15, -0.1) is 0 Å². The SMILES string of the molecule is C=CCOc1ccc(CN(C[C@H]2CCCO2)C(=S)NCC)cc1OC. The van der Waals surface area contributed by atoms with E-state index in [4.69, 9.17) is 26.4 Å². The van der Waals surface area contributed by atoms with Crippen molar-refractivity contribution in [3.63, 3.8) is 0 Å². The molecule has 1 heterocycles. The van der Waals surface area contributed by atoms with Gasteiger partial charge in [-0.2, -0.15) is 0 Å². The van der Waals surface area contributed by atoms with Gasteiger partial charge in [-0.25, -0.2) is 0 Å². The van der Waals surface area contributed by atoms with Crippen molar-refractivity contribution in [1.29, 1.82) is 0 Å². The molecule has 0 bridgehead atoms. The summed E-state index contributed by atoms with van der Waals surface area (Å²) in [6, 6.07) is 5.96. The lowest BCUT2D eigenvalue weighted by Crippen LogP contribution is -2.43. The molecule has 0 spiro atoms. The molecule has 1 N–H and O–H groups in total. The van der Waals surface area contributed by atoms with Crippen LogP contribution in [0.1, 0.15) is 25.3 Å². The van der Waals surface area contributed by atoms with Crippen molar-refractivity contribution >= 4 is 17.3 Å². The monoisotopic (exact) mass is 364 g/mol. The van der Waals surface area contributed by atoms with Crippen LogP contribution in [0.25, 0.3) is 0 Å². The second-order valence-corrected chi connectivity index (χ2v) is 6.32. The third kappa shape index (κ3) is 5.90. The number of thiocarbonyl (C=S) groups is 1. The fourth-order valence-corrected chi connectivity index (χ4v) is 3.10. The minimum Gasteiger partial charge on any atom is -0.493 e. The van der Waals surface area contributed by atoms with Gasteiger partial charge in [0.1, 0.15) is 6.61 Å². The lowest BCUT2D eigenvalue weighted by Gasteiger charge is -2.28. The average molecular weight is 365 g/mol. The molecule has 0 saturated carbocycles. The second kappa shape index (κ2) is 10.3. The second-order valence-electron chi connectivity index (χ2n) is 5.94. The maximum Gasteiger partial charge on any atom is 0.169 e. The molecule has 138 valence electrons. The normalized spacial score (nSPS) is 16.3. The van der Waals surface area contributed by atoms with Crippen molar-refractivity contribution in [2.24, 2.45) is 0 Å². The first-order valence-corrected chi connectivity index (χ1v) is 9.13. The molecule has 1 saturated heterocycles. The fraction of sp³-hybridized carbons (Fsp3) is 0.526. The van der Waals surface area contributed by atoms with Gasteiger partial charge in [-0.05, 0) is 49.7 Å². The van der Waals surface area contributed by atoms with Gasteiger partial charge in [0.15, 0.2) is 16.6 Å². The van der Waals surface area contributed by atoms with Crippen LogP contribution in [0, 0.1) is 0 Å². The summed E-state index contributed by atoms with van der Waals surface area (Å²) in [5.74, 6) is 1.43. The number of hydrogen-bond donors (Lipinski definition) is 1. The van der Waals surface area contributed by atoms with E-state index < -0.39 is 0 Å². The predicted molar refractivity (Wildman–Crippen MR) is 104 cm³/mol. The molecular formula is C19H28N2O3S. The maximum absolute atomic E-state index is 5.77. The summed E-state index contributed by atoms with van der Waals surface area (Å²) in [7, 11) is 1.65. The highest BCUT2D eigenvalue weighted by atomic mass is 32.1. The van der Waals surface area contributed by atoms with E-state index in [9.17, 15) is 0 Å². The molecule has 5 nitrogen and oxygen atoms in total. The molecule has 1 fully saturated rings. The quantitative estimate of drug-likeness (QED) is 0.536. The maximum atomic E-state index is 5.77. The Morgan fingerprint density at radius 3 is 2.96 bits per heavy atom. The number of nitrogens with zero attached hydrogens (tertiary/aromatic N) is 1. The van der Waals surface area contributed by atoms with E-state index in [1.54, 1.807) is 13.2 Å². The number of rotatable bonds is 9. The topological polar surface area (TPSA) is 43.0 Å². The Kier molecular flexibility index (Phi) is 8.01. The van der Waals surface area contributed by atoms with Crippen LogP contribution in [-0.2, 0) is 11.3 Å². The van der Waals surface area contributed by atoms with Crippen LogP contribution in [0.2, 0.25) is 0 Å². The van der Waals surface area contributed by atoms with Crippen molar-refractivity contribution in [2.45, 2.75) is 32.4 Å². The predicted octanol–water partition coefficient (Wildman–Crippen LogP) is 3.14. The molecule has 1 atom stereocenters. The minimum absolute atomic E-state index is 0.244. The van der Waals surface area contributed by atoms with Crippen LogP contribution >= 0.6 is 12.2 Å². The fourth-order valence-electron chi connectivity index (χ4n) is 2.82. The number of benzene rings is 1. The highest BCUT2D eigenvalue weighted by molar-refractivity contribution is 7.80. The number of nitrogens with one attached hydrogen (secondary N) is 1. The standard InChI is InChI=1S/C19H28N2O3S/c1-4-10-24-17-9-8-15(12-18(17)22-3)13-21(19(25)20-5-2)14-16-7-6-11-23-16/h4,8-9,12,16H,1,5-7,10-11,13-14H2,2-3H3,(H,20,25)/t16-/m1/s1. The molecular weight excluding hydrogens is 336 g/mol. The van der Waals surface area contributed by atoms with Gasteiger partial charge in [-0.3, -0.25) is 0 Å². The van der Waals surface area contributed by atoms with Crippen LogP contribution in [0.5, 0.6) is 11.5 Å². The highest BCUT2D eigenvalue weighted by Gasteiger charge is 2.21. The number of methoxy groups -OCH3 is 1. The smallest absolute Gasteiger partial charge is 0.169 e. The lowest BCUT2D eigenvalue weighted by molar-refractivity contribution is 0.0897. The van der Waals surface area contributed by atoms with Crippen molar-refractivity contribution in [3.8, 4) is 11.5 Å². The van der Waals surface area contributed by atoms with Gasteiger partial charge in [-0.1, -0.05) is 18.7 Å². The zero-order valence-electron chi connectivity index (χ0n) is 15.1. The van der Waals surface area contributed by atoms with Crippen LogP contribution in [0.4, 0.5) is 0 Å². The Hall–Kier alpha value is -1.79. The third-order valence-corrected chi connectivity index (χ3v) is 4.42. The summed E-state index contributed by atoms with van der Waals surface area (Å²) in [5, 5.41) is 4.00. The summed E-state index contributed by atoms with van der Waals surface area (Å²) in [6.07, 6.45) is 4.16. The summed E-state index contributed by atoms with van der Waals surface area (Å²) < 4.78 is 16.8. The van der Waals surface area contributed by atoms with E-state index in [0.717, 1.165) is 43.2 Å². The molecule has 2 rings (SSSR count). The van der Waals surface area contributed by atoms with Crippen molar-refractivity contribution < 1.29 is 14.2 Å². The molecule has 0 aliphatic carbocycles. The van der Waals surface area contributed by atoms with Crippen molar-refractivity contribution in [1.82, 2.24) is 10.2 Å². The summed E-state index contributed by atoms with van der Waals surface area (Å²) in [6.45, 7) is 9.30. The van der Waals surface area contributed by atoms with Gasteiger partial charge in [0.2, 0.25) is 0 Å². The first-order chi connectivity index (χ1) is 12.2. The van der Waals surface area contributed by atoms with E-state index in [-0.39, 0.29) is 6.10 Å². The van der Waals surface area contributed by atoms with Crippen LogP contribution in [0.15, 0.2) is 30.9 Å². The Morgan fingerprint density at radius 2 is 2.32 bits per heavy atom. The molecule has 25 heavy (non-hydrogen) atoms. The molecule has 0 unspecified atom stereocenters. The third-order valence-electron chi connectivity index (χ3n) is 4.02. The van der Waals surface area contributed by atoms with Gasteiger partial charge >= 0.3 is 0 Å². The van der Waals surface area contributed by atoms with Crippen LogP contribution < -0.4 is 14.8 Å². The zero-order valence-corrected chi connectivity index (χ0v) is 15.9. The Labute approximate surface area is 155 Å². The number of hydrogen-bond acceptors (Lipinski definition) is 4. The van der Waals surface area contributed by atoms with Gasteiger partial charge < -0.3 is 24.4 Å². The zero-order chi connectivity index (χ0) is 18.1. The molecule has 1 aromatic rings. The van der Waals surface area contributed by atoms with Crippen molar-refractivity contribution in [3.05, 3.63) is 36.4 Å². The highest BCUT2D eigenvalue weighted by Crippen LogP contribution is 2.29. The Balaban J connectivity index is 2.10. The van der Waals surface area contributed by atoms with Gasteiger partial charge in [0.25, 0.3) is 0 Å². The Morgan fingerprint density at radius 1 is 1.48 bits per heavy atom. The van der Waals surface area contributed by atoms with E-state index in [2.05, 4.69) is 16.8 Å². The molecule has 0 radical (unpaired) electrons. The summed E-state index contributed by atoms with van der Waals surface area (Å²) in [4.78, 5) is 2.16. The van der Waals surface area contributed by atoms with Gasteiger partial charge in [0.05, 0.1) is 13.2 Å². The summed E-state index contributed by atoms with van der Waals surface area (Å²) in [5.41, 5.74) is 1.11. The van der Waals surface area contributed by atoms with Crippen LogP contribution in [-0.4, -0.2) is 49.5 Å². The van der Waals surface area contributed by atoms with Gasteiger partial charge in [0, 0.05) is 26.2 Å². The lowest BCUT2D eigenvalue weighted by atomic mass is 10.1. The van der Waals surface area contributed by atoms with Crippen LogP contribution in [0.3, 0.4) is 0 Å². The van der Waals surface area contributed by atoms with E-state index in [1.165, 1.54) is 0 Å². The molecule has 1 aliphatic heterocycles. The molecule has 6 heteroatoms. The van der Waals surface area contributed by atoms with E-state index >= 15 is 0 Å². The minimum atomic E-state index is 0.244.